The molecule has 1 aliphatic heterocycles. The van der Waals surface area contributed by atoms with Gasteiger partial charge >= 0.3 is 0 Å². The fourth-order valence-electron chi connectivity index (χ4n) is 3.85. The van der Waals surface area contributed by atoms with Crippen molar-refractivity contribution < 1.29 is 9.84 Å². The second-order valence-corrected chi connectivity index (χ2v) is 6.68. The molecule has 5 unspecified atom stereocenters. The van der Waals surface area contributed by atoms with Crippen LogP contribution in [0.25, 0.3) is 0 Å². The van der Waals surface area contributed by atoms with Gasteiger partial charge in [0.1, 0.15) is 0 Å². The Balaban J connectivity index is 1.94. The van der Waals surface area contributed by atoms with Crippen molar-refractivity contribution in [3.63, 3.8) is 0 Å². The van der Waals surface area contributed by atoms with E-state index < -0.39 is 0 Å². The first-order chi connectivity index (χ1) is 9.67. The molecule has 0 aromatic heterocycles. The Hall–Kier alpha value is -0.160. The Bertz CT molecular complexity index is 288. The Morgan fingerprint density at radius 2 is 2.15 bits per heavy atom. The van der Waals surface area contributed by atoms with Crippen molar-refractivity contribution in [1.82, 2.24) is 10.2 Å². The predicted molar refractivity (Wildman–Crippen MR) is 81.8 cm³/mol. The average molecular weight is 284 g/mol. The summed E-state index contributed by atoms with van der Waals surface area (Å²) in [6.07, 6.45) is 5.34. The normalized spacial score (nSPS) is 39.9. The van der Waals surface area contributed by atoms with Crippen molar-refractivity contribution in [3.8, 4) is 0 Å². The molecule has 2 rings (SSSR count). The summed E-state index contributed by atoms with van der Waals surface area (Å²) < 4.78 is 5.65. The van der Waals surface area contributed by atoms with E-state index in [1.54, 1.807) is 0 Å². The minimum absolute atomic E-state index is 0.00444. The maximum Gasteiger partial charge on any atom is 0.0933 e. The minimum Gasteiger partial charge on any atom is -0.394 e. The van der Waals surface area contributed by atoms with Crippen LogP contribution in [0.2, 0.25) is 0 Å². The van der Waals surface area contributed by atoms with E-state index in [-0.39, 0.29) is 12.7 Å². The lowest BCUT2D eigenvalue weighted by Gasteiger charge is -2.43. The molecule has 2 fully saturated rings. The smallest absolute Gasteiger partial charge is 0.0933 e. The largest absolute Gasteiger partial charge is 0.394 e. The van der Waals surface area contributed by atoms with Gasteiger partial charge in [-0.1, -0.05) is 13.3 Å². The molecule has 2 aliphatic rings. The van der Waals surface area contributed by atoms with E-state index >= 15 is 0 Å². The van der Waals surface area contributed by atoms with Gasteiger partial charge in [-0.25, -0.2) is 0 Å². The molecule has 20 heavy (non-hydrogen) atoms. The van der Waals surface area contributed by atoms with E-state index in [4.69, 9.17) is 4.74 Å². The van der Waals surface area contributed by atoms with Crippen molar-refractivity contribution in [3.05, 3.63) is 0 Å². The molecule has 118 valence electrons. The highest BCUT2D eigenvalue weighted by Gasteiger charge is 2.33. The molecule has 4 heteroatoms. The third kappa shape index (κ3) is 3.94. The summed E-state index contributed by atoms with van der Waals surface area (Å²) >= 11 is 0. The second kappa shape index (κ2) is 7.74. The van der Waals surface area contributed by atoms with Crippen LogP contribution in [0.4, 0.5) is 0 Å². The van der Waals surface area contributed by atoms with Crippen molar-refractivity contribution in [1.29, 1.82) is 0 Å². The standard InChI is InChI=1S/C16H32N2O2/c1-4-13-5-6-16(17-3)14(7-13)8-18-9-15(10-19)20-11-12(18)2/h12-17,19H,4-11H2,1-3H3. The number of morpholine rings is 1. The van der Waals surface area contributed by atoms with Crippen LogP contribution in [0, 0.1) is 11.8 Å². The molecule has 1 heterocycles. The Kier molecular flexibility index (Phi) is 6.27. The summed E-state index contributed by atoms with van der Waals surface area (Å²) in [4.78, 5) is 2.53. The number of hydrogen-bond donors (Lipinski definition) is 2. The number of rotatable bonds is 5. The number of nitrogens with one attached hydrogen (secondary N) is 1. The van der Waals surface area contributed by atoms with Crippen LogP contribution in [-0.2, 0) is 4.74 Å². The van der Waals surface area contributed by atoms with E-state index in [0.29, 0.717) is 12.1 Å². The molecule has 2 N–H and O–H groups in total. The van der Waals surface area contributed by atoms with Crippen molar-refractivity contribution >= 4 is 0 Å². The van der Waals surface area contributed by atoms with Crippen molar-refractivity contribution in [2.45, 2.75) is 57.7 Å². The molecular weight excluding hydrogens is 252 g/mol. The third-order valence-electron chi connectivity index (χ3n) is 5.35. The molecule has 1 saturated heterocycles. The van der Waals surface area contributed by atoms with Gasteiger partial charge in [-0.15, -0.1) is 0 Å². The fraction of sp³-hybridized carbons (Fsp3) is 1.00. The van der Waals surface area contributed by atoms with E-state index in [1.807, 2.05) is 0 Å². The molecular formula is C16H32N2O2. The van der Waals surface area contributed by atoms with Crippen LogP contribution in [0.3, 0.4) is 0 Å². The zero-order chi connectivity index (χ0) is 14.5. The third-order valence-corrected chi connectivity index (χ3v) is 5.35. The lowest BCUT2D eigenvalue weighted by Crippen LogP contribution is -2.53. The number of hydrogen-bond acceptors (Lipinski definition) is 4. The fourth-order valence-corrected chi connectivity index (χ4v) is 3.85. The summed E-state index contributed by atoms with van der Waals surface area (Å²) in [6.45, 7) is 7.47. The van der Waals surface area contributed by atoms with Gasteiger partial charge in [0, 0.05) is 25.2 Å². The number of aliphatic hydroxyl groups is 1. The van der Waals surface area contributed by atoms with Gasteiger partial charge < -0.3 is 15.2 Å². The molecule has 0 bridgehead atoms. The predicted octanol–water partition coefficient (Wildman–Crippen LogP) is 1.48. The maximum absolute atomic E-state index is 9.32. The molecule has 0 aromatic carbocycles. The lowest BCUT2D eigenvalue weighted by molar-refractivity contribution is -0.0843. The molecule has 0 radical (unpaired) electrons. The summed E-state index contributed by atoms with van der Waals surface area (Å²) in [7, 11) is 2.10. The van der Waals surface area contributed by atoms with Gasteiger partial charge in [0.05, 0.1) is 19.3 Å². The van der Waals surface area contributed by atoms with Crippen LogP contribution in [-0.4, -0.2) is 61.5 Å². The van der Waals surface area contributed by atoms with Crippen LogP contribution >= 0.6 is 0 Å². The highest BCUT2D eigenvalue weighted by Crippen LogP contribution is 2.32. The van der Waals surface area contributed by atoms with Crippen LogP contribution in [0.1, 0.15) is 39.5 Å². The zero-order valence-electron chi connectivity index (χ0n) is 13.3. The van der Waals surface area contributed by atoms with Gasteiger partial charge in [-0.2, -0.15) is 0 Å². The molecule has 4 nitrogen and oxygen atoms in total. The first-order valence-corrected chi connectivity index (χ1v) is 8.31. The molecule has 5 atom stereocenters. The Morgan fingerprint density at radius 1 is 1.35 bits per heavy atom. The van der Waals surface area contributed by atoms with Gasteiger partial charge in [0.15, 0.2) is 0 Å². The highest BCUT2D eigenvalue weighted by molar-refractivity contribution is 4.88. The number of aliphatic hydroxyl groups excluding tert-OH is 1. The summed E-state index contributed by atoms with van der Waals surface area (Å²) in [6, 6.07) is 1.12. The van der Waals surface area contributed by atoms with E-state index in [2.05, 4.69) is 31.1 Å². The first-order valence-electron chi connectivity index (χ1n) is 8.31. The first kappa shape index (κ1) is 16.2. The van der Waals surface area contributed by atoms with Gasteiger partial charge in [-0.05, 0) is 45.1 Å². The summed E-state index contributed by atoms with van der Waals surface area (Å²) in [5.41, 5.74) is 0. The van der Waals surface area contributed by atoms with E-state index in [9.17, 15) is 5.11 Å². The summed E-state index contributed by atoms with van der Waals surface area (Å²) in [5.74, 6) is 1.63. The van der Waals surface area contributed by atoms with Gasteiger partial charge in [0.2, 0.25) is 0 Å². The number of nitrogens with zero attached hydrogens (tertiary/aromatic N) is 1. The molecule has 1 saturated carbocycles. The molecule has 1 aliphatic carbocycles. The van der Waals surface area contributed by atoms with Crippen molar-refractivity contribution in [2.24, 2.45) is 11.8 Å². The molecule has 0 amide bonds. The minimum atomic E-state index is 0.00444. The summed E-state index contributed by atoms with van der Waals surface area (Å²) in [5, 5.41) is 12.8. The Labute approximate surface area is 123 Å². The van der Waals surface area contributed by atoms with Crippen LogP contribution in [0.15, 0.2) is 0 Å². The van der Waals surface area contributed by atoms with E-state index in [1.165, 1.54) is 25.7 Å². The lowest BCUT2D eigenvalue weighted by atomic mass is 9.76. The van der Waals surface area contributed by atoms with Gasteiger partial charge in [0.25, 0.3) is 0 Å². The highest BCUT2D eigenvalue weighted by atomic mass is 16.5. The van der Waals surface area contributed by atoms with Crippen LogP contribution < -0.4 is 5.32 Å². The van der Waals surface area contributed by atoms with E-state index in [0.717, 1.165) is 31.5 Å². The maximum atomic E-state index is 9.32. The van der Waals surface area contributed by atoms with Gasteiger partial charge in [-0.3, -0.25) is 4.90 Å². The SMILES string of the molecule is CCC1CCC(NC)C(CN2CC(CO)OCC2C)C1. The number of ether oxygens (including phenoxy) is 1. The quantitative estimate of drug-likeness (QED) is 0.803. The Morgan fingerprint density at radius 3 is 2.80 bits per heavy atom. The average Bonchev–Trinajstić information content (AvgIpc) is 2.49. The topological polar surface area (TPSA) is 44.7 Å². The second-order valence-electron chi connectivity index (χ2n) is 6.68. The monoisotopic (exact) mass is 284 g/mol. The molecule has 0 spiro atoms. The molecule has 0 aromatic rings. The zero-order valence-corrected chi connectivity index (χ0v) is 13.3. The van der Waals surface area contributed by atoms with Crippen molar-refractivity contribution in [2.75, 3.05) is 33.4 Å². The van der Waals surface area contributed by atoms with Crippen LogP contribution in [0.5, 0.6) is 0 Å².